The molecule has 206 valence electrons. The minimum Gasteiger partial charge on any atom is -0.487 e. The van der Waals surface area contributed by atoms with E-state index >= 15 is 0 Å². The Morgan fingerprint density at radius 3 is 1.87 bits per heavy atom. The predicted molar refractivity (Wildman–Crippen MR) is 157 cm³/mol. The van der Waals surface area contributed by atoms with Gasteiger partial charge in [-0.3, -0.25) is 9.59 Å². The molecule has 2 aliphatic carbocycles. The highest BCUT2D eigenvalue weighted by molar-refractivity contribution is 6.35. The summed E-state index contributed by atoms with van der Waals surface area (Å²) in [7, 11) is 0. The Hall–Kier alpha value is -2.27. The highest BCUT2D eigenvalue weighted by Gasteiger charge is 2.49. The largest absolute Gasteiger partial charge is 0.487 e. The normalized spacial score (nSPS) is 20.8. The molecule has 1 aliphatic heterocycles. The van der Waals surface area contributed by atoms with Gasteiger partial charge in [0, 0.05) is 63.5 Å². The number of ether oxygens (including phenoxy) is 1. The van der Waals surface area contributed by atoms with Gasteiger partial charge in [0.1, 0.15) is 12.4 Å². The lowest BCUT2D eigenvalue weighted by molar-refractivity contribution is -0.119. The van der Waals surface area contributed by atoms with Gasteiger partial charge in [-0.1, -0.05) is 74.6 Å². The van der Waals surface area contributed by atoms with Crippen molar-refractivity contribution in [1.82, 2.24) is 4.90 Å². The number of nitrogens with zero attached hydrogens (tertiary/aromatic N) is 1. The average Bonchev–Trinajstić information content (AvgIpc) is 2.81. The van der Waals surface area contributed by atoms with Crippen LogP contribution in [0.4, 0.5) is 0 Å². The molecule has 0 saturated carbocycles. The maximum Gasteiger partial charge on any atom is 0.162 e. The van der Waals surface area contributed by atoms with Gasteiger partial charge in [-0.2, -0.15) is 0 Å². The number of halogens is 3. The number of rotatable bonds is 5. The van der Waals surface area contributed by atoms with Gasteiger partial charge in [-0.25, -0.2) is 0 Å². The average molecular weight is 587 g/mol. The van der Waals surface area contributed by atoms with Crippen LogP contribution >= 0.6 is 34.8 Å². The fourth-order valence-corrected chi connectivity index (χ4v) is 7.11. The van der Waals surface area contributed by atoms with Crippen LogP contribution in [0.1, 0.15) is 77.3 Å². The standard InChI is InChI=1S/C32H34Cl3NO3/c1-6-36-23-13-31(2,3)15-25(37)28(23)27(29-24(36)14-32(4,5)16-26(29)38)21-11-20(34)12-22(35)30(21)39-17-18-7-9-19(33)10-8-18/h7-12,27H,6,13-17H2,1-5H3. The second-order valence-electron chi connectivity index (χ2n) is 12.5. The molecule has 2 aromatic rings. The molecule has 0 atom stereocenters. The third-order valence-corrected chi connectivity index (χ3v) is 8.73. The van der Waals surface area contributed by atoms with Crippen molar-refractivity contribution in [1.29, 1.82) is 0 Å². The molecular weight excluding hydrogens is 553 g/mol. The number of allylic oxidation sites excluding steroid dienone is 4. The first-order valence-corrected chi connectivity index (χ1v) is 14.6. The van der Waals surface area contributed by atoms with Crippen molar-refractivity contribution in [2.75, 3.05) is 6.54 Å². The zero-order chi connectivity index (χ0) is 28.3. The van der Waals surface area contributed by atoms with Crippen LogP contribution in [0.15, 0.2) is 58.9 Å². The molecule has 39 heavy (non-hydrogen) atoms. The van der Waals surface area contributed by atoms with Crippen LogP contribution in [0.25, 0.3) is 0 Å². The molecular formula is C32H34Cl3NO3. The fourth-order valence-electron chi connectivity index (χ4n) is 6.42. The minimum absolute atomic E-state index is 0.0635. The summed E-state index contributed by atoms with van der Waals surface area (Å²) in [5, 5.41) is 1.42. The molecule has 0 unspecified atom stereocenters. The van der Waals surface area contributed by atoms with E-state index in [1.165, 1.54) is 0 Å². The zero-order valence-electron chi connectivity index (χ0n) is 23.1. The van der Waals surface area contributed by atoms with Crippen molar-refractivity contribution in [2.24, 2.45) is 10.8 Å². The van der Waals surface area contributed by atoms with E-state index in [0.29, 0.717) is 56.9 Å². The quantitative estimate of drug-likeness (QED) is 0.351. The summed E-state index contributed by atoms with van der Waals surface area (Å²) in [4.78, 5) is 30.1. The highest BCUT2D eigenvalue weighted by Crippen LogP contribution is 2.56. The Bertz CT molecular complexity index is 1360. The van der Waals surface area contributed by atoms with E-state index in [1.807, 2.05) is 30.3 Å². The first-order chi connectivity index (χ1) is 18.3. The van der Waals surface area contributed by atoms with Gasteiger partial charge < -0.3 is 9.64 Å². The van der Waals surface area contributed by atoms with Crippen molar-refractivity contribution in [3.63, 3.8) is 0 Å². The van der Waals surface area contributed by atoms with Gasteiger partial charge in [0.25, 0.3) is 0 Å². The fraction of sp³-hybridized carbons (Fsp3) is 0.438. The molecule has 0 radical (unpaired) electrons. The van der Waals surface area contributed by atoms with E-state index in [1.54, 1.807) is 6.07 Å². The van der Waals surface area contributed by atoms with Gasteiger partial charge in [-0.15, -0.1) is 0 Å². The summed E-state index contributed by atoms with van der Waals surface area (Å²) in [5.41, 5.74) is 4.59. The Morgan fingerprint density at radius 1 is 0.821 bits per heavy atom. The number of benzene rings is 2. The highest BCUT2D eigenvalue weighted by atomic mass is 35.5. The van der Waals surface area contributed by atoms with Gasteiger partial charge in [0.05, 0.1) is 5.02 Å². The van der Waals surface area contributed by atoms with Gasteiger partial charge in [-0.05, 0) is 60.4 Å². The van der Waals surface area contributed by atoms with Crippen molar-refractivity contribution < 1.29 is 14.3 Å². The lowest BCUT2D eigenvalue weighted by Crippen LogP contribution is -2.44. The van der Waals surface area contributed by atoms with E-state index in [-0.39, 0.29) is 29.0 Å². The van der Waals surface area contributed by atoms with E-state index in [0.717, 1.165) is 29.8 Å². The second-order valence-corrected chi connectivity index (χ2v) is 13.8. The van der Waals surface area contributed by atoms with Crippen molar-refractivity contribution in [3.8, 4) is 5.75 Å². The molecule has 0 aromatic heterocycles. The Morgan fingerprint density at radius 2 is 1.36 bits per heavy atom. The summed E-state index contributed by atoms with van der Waals surface area (Å²) in [5.74, 6) is -0.0105. The van der Waals surface area contributed by atoms with Crippen LogP contribution in [0, 0.1) is 10.8 Å². The summed E-state index contributed by atoms with van der Waals surface area (Å²) < 4.78 is 6.35. The zero-order valence-corrected chi connectivity index (χ0v) is 25.4. The molecule has 3 aliphatic rings. The van der Waals surface area contributed by atoms with Crippen LogP contribution in [0.5, 0.6) is 5.75 Å². The number of hydrogen-bond donors (Lipinski definition) is 0. The van der Waals surface area contributed by atoms with E-state index in [4.69, 9.17) is 39.5 Å². The molecule has 7 heteroatoms. The summed E-state index contributed by atoms with van der Waals surface area (Å²) >= 11 is 19.4. The van der Waals surface area contributed by atoms with Gasteiger partial charge in [0.2, 0.25) is 0 Å². The molecule has 0 saturated heterocycles. The molecule has 5 rings (SSSR count). The van der Waals surface area contributed by atoms with Crippen LogP contribution in [0.3, 0.4) is 0 Å². The first-order valence-electron chi connectivity index (χ1n) is 13.5. The number of ketones is 2. The van der Waals surface area contributed by atoms with E-state index in [2.05, 4.69) is 39.5 Å². The molecule has 0 fully saturated rings. The SMILES string of the molecule is CCN1C2=C(C(=O)CC(C)(C)C2)C(c2cc(Cl)cc(Cl)c2OCc2ccc(Cl)cc2)C2=C1CC(C)(C)CC2=O. The van der Waals surface area contributed by atoms with Crippen LogP contribution < -0.4 is 4.74 Å². The molecule has 0 amide bonds. The minimum atomic E-state index is -0.582. The lowest BCUT2D eigenvalue weighted by atomic mass is 9.63. The van der Waals surface area contributed by atoms with Crippen LogP contribution in [-0.4, -0.2) is 23.0 Å². The number of Topliss-reactive ketones (excluding diaryl/α,β-unsaturated/α-hetero) is 2. The van der Waals surface area contributed by atoms with E-state index < -0.39 is 5.92 Å². The number of carbonyl (C=O) groups excluding carboxylic acids is 2. The van der Waals surface area contributed by atoms with Crippen molar-refractivity contribution in [3.05, 3.63) is 85.1 Å². The number of hydrogen-bond acceptors (Lipinski definition) is 4. The lowest BCUT2D eigenvalue weighted by Gasteiger charge is -2.49. The monoisotopic (exact) mass is 585 g/mol. The predicted octanol–water partition coefficient (Wildman–Crippen LogP) is 8.93. The Labute approximate surface area is 245 Å². The van der Waals surface area contributed by atoms with Gasteiger partial charge >= 0.3 is 0 Å². The smallest absolute Gasteiger partial charge is 0.162 e. The molecule has 0 bridgehead atoms. The third kappa shape index (κ3) is 5.40. The van der Waals surface area contributed by atoms with Crippen molar-refractivity contribution in [2.45, 2.75) is 72.8 Å². The van der Waals surface area contributed by atoms with Crippen molar-refractivity contribution >= 4 is 46.4 Å². The Kier molecular flexibility index (Phi) is 7.45. The topological polar surface area (TPSA) is 46.6 Å². The molecule has 0 N–H and O–H groups in total. The third-order valence-electron chi connectivity index (χ3n) is 7.98. The molecule has 2 aromatic carbocycles. The van der Waals surface area contributed by atoms with Gasteiger partial charge in [0.15, 0.2) is 11.6 Å². The second kappa shape index (κ2) is 10.3. The first kappa shape index (κ1) is 28.3. The molecule has 0 spiro atoms. The molecule has 4 nitrogen and oxygen atoms in total. The van der Waals surface area contributed by atoms with Crippen LogP contribution in [0.2, 0.25) is 15.1 Å². The number of carbonyl (C=O) groups is 2. The maximum absolute atomic E-state index is 14.0. The maximum atomic E-state index is 14.0. The Balaban J connectivity index is 1.72. The van der Waals surface area contributed by atoms with E-state index in [9.17, 15) is 9.59 Å². The van der Waals surface area contributed by atoms with Crippen LogP contribution in [-0.2, 0) is 16.2 Å². The summed E-state index contributed by atoms with van der Waals surface area (Å²) in [6.45, 7) is 11.6. The summed E-state index contributed by atoms with van der Waals surface area (Å²) in [6.07, 6.45) is 2.33. The molecule has 1 heterocycles. The summed E-state index contributed by atoms with van der Waals surface area (Å²) in [6, 6.07) is 10.9.